The molecule has 0 radical (unpaired) electrons. The average molecular weight is 186 g/mol. The Kier molecular flexibility index (Phi) is 3.71. The van der Waals surface area contributed by atoms with Crippen molar-refractivity contribution < 1.29 is 4.74 Å². The number of likely N-dealkylation sites (N-methyl/N-ethyl adjacent to an activating group) is 1. The van der Waals surface area contributed by atoms with E-state index in [2.05, 4.69) is 18.9 Å². The lowest BCUT2D eigenvalue weighted by atomic mass is 9.97. The van der Waals surface area contributed by atoms with Gasteiger partial charge in [-0.1, -0.05) is 0 Å². The number of rotatable bonds is 6. The molecule has 1 saturated carbocycles. The summed E-state index contributed by atoms with van der Waals surface area (Å²) < 4.78 is 5.02. The zero-order valence-corrected chi connectivity index (χ0v) is 9.05. The highest BCUT2D eigenvalue weighted by atomic mass is 16.5. The molecule has 1 fully saturated rings. The fourth-order valence-electron chi connectivity index (χ4n) is 1.78. The molecule has 1 rings (SSSR count). The molecule has 0 aromatic rings. The molecule has 1 atom stereocenters. The molecule has 2 N–H and O–H groups in total. The molecule has 0 saturated heterocycles. The van der Waals surface area contributed by atoms with Crippen molar-refractivity contribution in [1.82, 2.24) is 4.90 Å². The smallest absolute Gasteiger partial charge is 0.0589 e. The van der Waals surface area contributed by atoms with Crippen LogP contribution in [0.15, 0.2) is 0 Å². The molecule has 0 aliphatic heterocycles. The molecular weight excluding hydrogens is 164 g/mol. The van der Waals surface area contributed by atoms with E-state index in [4.69, 9.17) is 10.5 Å². The van der Waals surface area contributed by atoms with E-state index < -0.39 is 0 Å². The third-order valence-electron chi connectivity index (χ3n) is 2.80. The van der Waals surface area contributed by atoms with Crippen LogP contribution in [0.5, 0.6) is 0 Å². The monoisotopic (exact) mass is 186 g/mol. The summed E-state index contributed by atoms with van der Waals surface area (Å²) in [5.74, 6) is 0.748. The first-order chi connectivity index (χ1) is 6.06. The lowest BCUT2D eigenvalue weighted by Gasteiger charge is -2.30. The van der Waals surface area contributed by atoms with Crippen molar-refractivity contribution in [3.63, 3.8) is 0 Å². The zero-order chi connectivity index (χ0) is 9.90. The van der Waals surface area contributed by atoms with E-state index in [-0.39, 0.29) is 5.54 Å². The Morgan fingerprint density at radius 3 is 2.62 bits per heavy atom. The summed E-state index contributed by atoms with van der Waals surface area (Å²) in [6, 6.07) is 0. The molecule has 0 heterocycles. The largest absolute Gasteiger partial charge is 0.383 e. The van der Waals surface area contributed by atoms with Gasteiger partial charge >= 0.3 is 0 Å². The lowest BCUT2D eigenvalue weighted by Crippen LogP contribution is -2.49. The Morgan fingerprint density at radius 1 is 1.54 bits per heavy atom. The Hall–Kier alpha value is -0.120. The highest BCUT2D eigenvalue weighted by Gasteiger charge is 2.38. The van der Waals surface area contributed by atoms with Crippen molar-refractivity contribution >= 4 is 0 Å². The SMILES string of the molecule is COCCN(C)CC(C)(N)C1CC1. The maximum Gasteiger partial charge on any atom is 0.0589 e. The number of hydrogen-bond acceptors (Lipinski definition) is 3. The summed E-state index contributed by atoms with van der Waals surface area (Å²) in [6.07, 6.45) is 2.62. The molecule has 3 nitrogen and oxygen atoms in total. The van der Waals surface area contributed by atoms with Crippen LogP contribution in [0.3, 0.4) is 0 Å². The summed E-state index contributed by atoms with van der Waals surface area (Å²) >= 11 is 0. The molecule has 0 amide bonds. The van der Waals surface area contributed by atoms with Gasteiger partial charge in [0.05, 0.1) is 6.61 Å². The van der Waals surface area contributed by atoms with E-state index >= 15 is 0 Å². The van der Waals surface area contributed by atoms with Crippen LogP contribution >= 0.6 is 0 Å². The molecule has 1 aliphatic rings. The molecule has 1 aliphatic carbocycles. The van der Waals surface area contributed by atoms with Crippen molar-refractivity contribution in [3.8, 4) is 0 Å². The predicted octanol–water partition coefficient (Wildman–Crippen LogP) is 0.692. The van der Waals surface area contributed by atoms with Crippen LogP contribution in [0.4, 0.5) is 0 Å². The molecule has 1 unspecified atom stereocenters. The second-order valence-electron chi connectivity index (χ2n) is 4.51. The van der Waals surface area contributed by atoms with Gasteiger partial charge in [-0.25, -0.2) is 0 Å². The first kappa shape index (κ1) is 11.0. The van der Waals surface area contributed by atoms with Crippen molar-refractivity contribution in [1.29, 1.82) is 0 Å². The minimum absolute atomic E-state index is 0.00247. The van der Waals surface area contributed by atoms with E-state index in [9.17, 15) is 0 Å². The number of nitrogens with two attached hydrogens (primary N) is 1. The maximum atomic E-state index is 6.21. The van der Waals surface area contributed by atoms with E-state index in [0.717, 1.165) is 25.6 Å². The Labute approximate surface area is 81.2 Å². The Balaban J connectivity index is 2.21. The van der Waals surface area contributed by atoms with Gasteiger partial charge in [0.2, 0.25) is 0 Å². The Bertz CT molecular complexity index is 155. The number of nitrogens with zero attached hydrogens (tertiary/aromatic N) is 1. The van der Waals surface area contributed by atoms with E-state index in [1.807, 2.05) is 0 Å². The topological polar surface area (TPSA) is 38.5 Å². The average Bonchev–Trinajstić information content (AvgIpc) is 2.81. The van der Waals surface area contributed by atoms with Gasteiger partial charge in [-0.05, 0) is 32.7 Å². The van der Waals surface area contributed by atoms with Crippen LogP contribution in [0.25, 0.3) is 0 Å². The second-order valence-corrected chi connectivity index (χ2v) is 4.51. The van der Waals surface area contributed by atoms with Gasteiger partial charge in [-0.15, -0.1) is 0 Å². The minimum atomic E-state index is 0.00247. The lowest BCUT2D eigenvalue weighted by molar-refractivity contribution is 0.145. The van der Waals surface area contributed by atoms with Gasteiger partial charge in [0, 0.05) is 25.7 Å². The Morgan fingerprint density at radius 2 is 2.15 bits per heavy atom. The van der Waals surface area contributed by atoms with Crippen LogP contribution in [-0.4, -0.2) is 44.3 Å². The normalized spacial score (nSPS) is 21.9. The third-order valence-corrected chi connectivity index (χ3v) is 2.80. The van der Waals surface area contributed by atoms with Gasteiger partial charge < -0.3 is 15.4 Å². The molecule has 0 aromatic carbocycles. The molecular formula is C10H22N2O. The van der Waals surface area contributed by atoms with E-state index in [0.29, 0.717) is 0 Å². The molecule has 0 aromatic heterocycles. The molecule has 0 bridgehead atoms. The van der Waals surface area contributed by atoms with Crippen molar-refractivity contribution in [2.75, 3.05) is 33.9 Å². The van der Waals surface area contributed by atoms with Gasteiger partial charge in [0.25, 0.3) is 0 Å². The summed E-state index contributed by atoms with van der Waals surface area (Å²) in [5, 5.41) is 0. The fraction of sp³-hybridized carbons (Fsp3) is 1.00. The van der Waals surface area contributed by atoms with Crippen molar-refractivity contribution in [2.45, 2.75) is 25.3 Å². The predicted molar refractivity (Wildman–Crippen MR) is 54.7 cm³/mol. The van der Waals surface area contributed by atoms with Crippen LogP contribution in [-0.2, 0) is 4.74 Å². The standard InChI is InChI=1S/C10H22N2O/c1-10(11,9-4-5-9)8-12(2)6-7-13-3/h9H,4-8,11H2,1-3H3. The quantitative estimate of drug-likeness (QED) is 0.663. The summed E-state index contributed by atoms with van der Waals surface area (Å²) in [7, 11) is 3.84. The first-order valence-electron chi connectivity index (χ1n) is 5.02. The van der Waals surface area contributed by atoms with Crippen LogP contribution in [0.2, 0.25) is 0 Å². The highest BCUT2D eigenvalue weighted by molar-refractivity contribution is 4.96. The van der Waals surface area contributed by atoms with Crippen molar-refractivity contribution in [2.24, 2.45) is 11.7 Å². The summed E-state index contributed by atoms with van der Waals surface area (Å²) in [4.78, 5) is 2.25. The van der Waals surface area contributed by atoms with E-state index in [1.54, 1.807) is 7.11 Å². The minimum Gasteiger partial charge on any atom is -0.383 e. The van der Waals surface area contributed by atoms with Gasteiger partial charge in [-0.3, -0.25) is 0 Å². The first-order valence-corrected chi connectivity index (χ1v) is 5.02. The summed E-state index contributed by atoms with van der Waals surface area (Å²) in [5.41, 5.74) is 6.21. The van der Waals surface area contributed by atoms with Crippen LogP contribution in [0.1, 0.15) is 19.8 Å². The molecule has 3 heteroatoms. The maximum absolute atomic E-state index is 6.21. The van der Waals surface area contributed by atoms with E-state index in [1.165, 1.54) is 12.8 Å². The molecule has 0 spiro atoms. The van der Waals surface area contributed by atoms with Gasteiger partial charge in [0.1, 0.15) is 0 Å². The van der Waals surface area contributed by atoms with Crippen molar-refractivity contribution in [3.05, 3.63) is 0 Å². The highest BCUT2D eigenvalue weighted by Crippen LogP contribution is 2.38. The van der Waals surface area contributed by atoms with Gasteiger partial charge in [0.15, 0.2) is 0 Å². The molecule has 13 heavy (non-hydrogen) atoms. The zero-order valence-electron chi connectivity index (χ0n) is 9.05. The van der Waals surface area contributed by atoms with Crippen LogP contribution in [0, 0.1) is 5.92 Å². The third kappa shape index (κ3) is 3.63. The number of methoxy groups -OCH3 is 1. The van der Waals surface area contributed by atoms with Gasteiger partial charge in [-0.2, -0.15) is 0 Å². The summed E-state index contributed by atoms with van der Waals surface area (Å²) in [6.45, 7) is 4.89. The number of ether oxygens (including phenoxy) is 1. The molecule has 78 valence electrons. The fourth-order valence-corrected chi connectivity index (χ4v) is 1.78. The van der Waals surface area contributed by atoms with Crippen LogP contribution < -0.4 is 5.73 Å². The second kappa shape index (κ2) is 4.40. The number of hydrogen-bond donors (Lipinski definition) is 1.